The number of anilines is 1. The topological polar surface area (TPSA) is 55.6 Å². The molecule has 1 aromatic carbocycles. The van der Waals surface area contributed by atoms with Crippen molar-refractivity contribution in [2.75, 3.05) is 5.32 Å². The molecule has 0 saturated carbocycles. The molecule has 0 aliphatic rings. The van der Waals surface area contributed by atoms with Crippen molar-refractivity contribution in [1.82, 2.24) is 20.2 Å². The SMILES string of the molecule is Cc1ccc(-n2cnnn2)cc1NC(C)c1ccc(Br)s1. The van der Waals surface area contributed by atoms with Gasteiger partial charge in [-0.2, -0.15) is 0 Å². The number of nitrogens with one attached hydrogen (secondary N) is 1. The molecule has 2 heterocycles. The highest BCUT2D eigenvalue weighted by Crippen LogP contribution is 2.30. The number of halogens is 1. The summed E-state index contributed by atoms with van der Waals surface area (Å²) in [6, 6.07) is 10.6. The molecule has 3 rings (SSSR count). The molecule has 0 amide bonds. The number of nitrogens with zero attached hydrogens (tertiary/aromatic N) is 4. The largest absolute Gasteiger partial charge is 0.377 e. The fraction of sp³-hybridized carbons (Fsp3) is 0.214. The van der Waals surface area contributed by atoms with Gasteiger partial charge in [-0.1, -0.05) is 6.07 Å². The van der Waals surface area contributed by atoms with E-state index in [0.717, 1.165) is 15.2 Å². The van der Waals surface area contributed by atoms with Crippen molar-refractivity contribution >= 4 is 33.0 Å². The van der Waals surface area contributed by atoms with E-state index < -0.39 is 0 Å². The first-order valence-electron chi connectivity index (χ1n) is 6.49. The molecule has 0 aliphatic carbocycles. The third kappa shape index (κ3) is 3.14. The highest BCUT2D eigenvalue weighted by Gasteiger charge is 2.10. The molecule has 3 aromatic rings. The second-order valence-electron chi connectivity index (χ2n) is 4.76. The molecule has 108 valence electrons. The molecule has 0 bridgehead atoms. The minimum Gasteiger partial charge on any atom is -0.377 e. The van der Waals surface area contributed by atoms with Crippen LogP contribution in [0.5, 0.6) is 0 Å². The van der Waals surface area contributed by atoms with Gasteiger partial charge in [-0.05, 0) is 70.0 Å². The van der Waals surface area contributed by atoms with Gasteiger partial charge in [-0.25, -0.2) is 4.68 Å². The molecule has 0 spiro atoms. The lowest BCUT2D eigenvalue weighted by molar-refractivity contribution is 0.788. The zero-order valence-corrected chi connectivity index (χ0v) is 14.0. The molecule has 0 saturated heterocycles. The Kier molecular flexibility index (Phi) is 4.03. The van der Waals surface area contributed by atoms with Crippen LogP contribution in [0.3, 0.4) is 0 Å². The highest BCUT2D eigenvalue weighted by atomic mass is 79.9. The maximum atomic E-state index is 3.92. The van der Waals surface area contributed by atoms with Gasteiger partial charge in [0.05, 0.1) is 15.5 Å². The van der Waals surface area contributed by atoms with Crippen LogP contribution in [-0.4, -0.2) is 20.2 Å². The fourth-order valence-electron chi connectivity index (χ4n) is 2.05. The summed E-state index contributed by atoms with van der Waals surface area (Å²) in [7, 11) is 0. The Balaban J connectivity index is 1.86. The van der Waals surface area contributed by atoms with Crippen LogP contribution in [-0.2, 0) is 0 Å². The lowest BCUT2D eigenvalue weighted by atomic mass is 10.1. The minimum absolute atomic E-state index is 0.240. The maximum absolute atomic E-state index is 3.92. The molecular formula is C14H14BrN5S. The van der Waals surface area contributed by atoms with Crippen LogP contribution in [0.2, 0.25) is 0 Å². The van der Waals surface area contributed by atoms with E-state index in [9.17, 15) is 0 Å². The summed E-state index contributed by atoms with van der Waals surface area (Å²) < 4.78 is 2.79. The van der Waals surface area contributed by atoms with E-state index in [4.69, 9.17) is 0 Å². The van der Waals surface area contributed by atoms with E-state index in [1.807, 2.05) is 6.07 Å². The molecule has 5 nitrogen and oxygen atoms in total. The standard InChI is InChI=1S/C14H14BrN5S/c1-9-3-4-11(20-8-16-18-19-20)7-12(9)17-10(2)13-5-6-14(15)21-13/h3-8,10,17H,1-2H3. The summed E-state index contributed by atoms with van der Waals surface area (Å²) in [5.74, 6) is 0. The molecule has 1 unspecified atom stereocenters. The van der Waals surface area contributed by atoms with Gasteiger partial charge in [0, 0.05) is 10.6 Å². The van der Waals surface area contributed by atoms with Gasteiger partial charge in [0.1, 0.15) is 6.33 Å². The van der Waals surface area contributed by atoms with Gasteiger partial charge >= 0.3 is 0 Å². The van der Waals surface area contributed by atoms with E-state index >= 15 is 0 Å². The Morgan fingerprint density at radius 2 is 2.14 bits per heavy atom. The van der Waals surface area contributed by atoms with Gasteiger partial charge in [-0.15, -0.1) is 16.4 Å². The first-order chi connectivity index (χ1) is 10.1. The van der Waals surface area contributed by atoms with Crippen LogP contribution >= 0.6 is 27.3 Å². The van der Waals surface area contributed by atoms with E-state index in [2.05, 4.69) is 74.9 Å². The Bertz CT molecular complexity index is 738. The van der Waals surface area contributed by atoms with Crippen molar-refractivity contribution in [3.8, 4) is 5.69 Å². The quantitative estimate of drug-likeness (QED) is 0.761. The first kappa shape index (κ1) is 14.2. The number of rotatable bonds is 4. The summed E-state index contributed by atoms with van der Waals surface area (Å²) in [6.45, 7) is 4.24. The average molecular weight is 364 g/mol. The van der Waals surface area contributed by atoms with Crippen LogP contribution in [0.1, 0.15) is 23.4 Å². The summed E-state index contributed by atoms with van der Waals surface area (Å²) in [5.41, 5.74) is 3.21. The van der Waals surface area contributed by atoms with Crippen molar-refractivity contribution < 1.29 is 0 Å². The number of benzene rings is 1. The number of aryl methyl sites for hydroxylation is 1. The smallest absolute Gasteiger partial charge is 0.143 e. The third-order valence-corrected chi connectivity index (χ3v) is 5.03. The summed E-state index contributed by atoms with van der Waals surface area (Å²) in [5, 5.41) is 14.8. The third-order valence-electron chi connectivity index (χ3n) is 3.23. The van der Waals surface area contributed by atoms with Crippen molar-refractivity contribution in [3.05, 3.63) is 50.9 Å². The number of hydrogen-bond donors (Lipinski definition) is 1. The van der Waals surface area contributed by atoms with Gasteiger partial charge in [0.2, 0.25) is 0 Å². The predicted octanol–water partition coefficient (Wildman–Crippen LogP) is 3.97. The Hall–Kier alpha value is -1.73. The molecule has 1 N–H and O–H groups in total. The van der Waals surface area contributed by atoms with E-state index in [1.165, 1.54) is 10.4 Å². The molecular weight excluding hydrogens is 350 g/mol. The molecule has 0 aliphatic heterocycles. The van der Waals surface area contributed by atoms with Crippen molar-refractivity contribution in [2.45, 2.75) is 19.9 Å². The first-order valence-corrected chi connectivity index (χ1v) is 8.10. The summed E-state index contributed by atoms with van der Waals surface area (Å²) in [6.07, 6.45) is 1.59. The fourth-order valence-corrected chi connectivity index (χ4v) is 3.48. The van der Waals surface area contributed by atoms with E-state index in [0.29, 0.717) is 0 Å². The number of thiophene rings is 1. The Morgan fingerprint density at radius 3 is 2.81 bits per heavy atom. The molecule has 1 atom stereocenters. The Labute approximate surface area is 135 Å². The summed E-state index contributed by atoms with van der Waals surface area (Å²) >= 11 is 5.24. The van der Waals surface area contributed by atoms with Crippen LogP contribution in [0.25, 0.3) is 5.69 Å². The Morgan fingerprint density at radius 1 is 1.29 bits per heavy atom. The second kappa shape index (κ2) is 5.95. The zero-order chi connectivity index (χ0) is 14.8. The molecule has 21 heavy (non-hydrogen) atoms. The van der Waals surface area contributed by atoms with Crippen LogP contribution in [0.4, 0.5) is 5.69 Å². The van der Waals surface area contributed by atoms with Gasteiger partial charge < -0.3 is 5.32 Å². The van der Waals surface area contributed by atoms with Crippen LogP contribution in [0.15, 0.2) is 40.4 Å². The van der Waals surface area contributed by atoms with E-state index in [-0.39, 0.29) is 6.04 Å². The number of hydrogen-bond acceptors (Lipinski definition) is 5. The molecule has 0 fully saturated rings. The van der Waals surface area contributed by atoms with Crippen molar-refractivity contribution in [2.24, 2.45) is 0 Å². The average Bonchev–Trinajstić information content (AvgIpc) is 3.12. The zero-order valence-electron chi connectivity index (χ0n) is 11.6. The predicted molar refractivity (Wildman–Crippen MR) is 87.9 cm³/mol. The lowest BCUT2D eigenvalue weighted by Crippen LogP contribution is -2.07. The van der Waals surface area contributed by atoms with Gasteiger partial charge in [0.25, 0.3) is 0 Å². The minimum atomic E-state index is 0.240. The van der Waals surface area contributed by atoms with Gasteiger partial charge in [-0.3, -0.25) is 0 Å². The molecule has 0 radical (unpaired) electrons. The van der Waals surface area contributed by atoms with E-state index in [1.54, 1.807) is 22.3 Å². The van der Waals surface area contributed by atoms with Crippen LogP contribution < -0.4 is 5.32 Å². The maximum Gasteiger partial charge on any atom is 0.143 e. The molecule has 7 heteroatoms. The lowest BCUT2D eigenvalue weighted by Gasteiger charge is -2.16. The number of aromatic nitrogens is 4. The number of tetrazole rings is 1. The summed E-state index contributed by atoms with van der Waals surface area (Å²) in [4.78, 5) is 1.29. The normalized spacial score (nSPS) is 12.3. The van der Waals surface area contributed by atoms with Crippen molar-refractivity contribution in [1.29, 1.82) is 0 Å². The van der Waals surface area contributed by atoms with Crippen LogP contribution in [0, 0.1) is 6.92 Å². The highest BCUT2D eigenvalue weighted by molar-refractivity contribution is 9.11. The monoisotopic (exact) mass is 363 g/mol. The second-order valence-corrected chi connectivity index (χ2v) is 7.26. The van der Waals surface area contributed by atoms with Gasteiger partial charge in [0.15, 0.2) is 0 Å². The molecule has 2 aromatic heterocycles. The van der Waals surface area contributed by atoms with Crippen molar-refractivity contribution in [3.63, 3.8) is 0 Å².